The smallest absolute Gasteiger partial charge is 0.269 e. The number of benzene rings is 1. The van der Waals surface area contributed by atoms with Crippen LogP contribution >= 0.6 is 0 Å². The summed E-state index contributed by atoms with van der Waals surface area (Å²) in [7, 11) is 0. The van der Waals surface area contributed by atoms with Crippen molar-refractivity contribution in [3.05, 3.63) is 50.7 Å². The quantitative estimate of drug-likeness (QED) is 0.444. The molecular formula is C11H10N2O4. The lowest BCUT2D eigenvalue weighted by atomic mass is 10.1. The van der Waals surface area contributed by atoms with E-state index in [1.807, 2.05) is 0 Å². The Balaban J connectivity index is 2.25. The van der Waals surface area contributed by atoms with Crippen molar-refractivity contribution in [3.8, 4) is 0 Å². The highest BCUT2D eigenvalue weighted by atomic mass is 16.9. The van der Waals surface area contributed by atoms with Crippen molar-refractivity contribution in [3.63, 3.8) is 0 Å². The van der Waals surface area contributed by atoms with Crippen LogP contribution < -0.4 is 0 Å². The van der Waals surface area contributed by atoms with Crippen LogP contribution in [0.5, 0.6) is 0 Å². The third-order valence-electron chi connectivity index (χ3n) is 2.52. The highest BCUT2D eigenvalue weighted by Crippen LogP contribution is 2.16. The molecule has 0 fully saturated rings. The minimum atomic E-state index is -0.452. The summed E-state index contributed by atoms with van der Waals surface area (Å²) in [6, 6.07) is 6.11. The normalized spacial score (nSPS) is 17.4. The van der Waals surface area contributed by atoms with Crippen molar-refractivity contribution in [2.24, 2.45) is 0 Å². The van der Waals surface area contributed by atoms with Gasteiger partial charge >= 0.3 is 0 Å². The summed E-state index contributed by atoms with van der Waals surface area (Å²) < 4.78 is 0. The van der Waals surface area contributed by atoms with Crippen molar-refractivity contribution < 1.29 is 14.7 Å². The fourth-order valence-corrected chi connectivity index (χ4v) is 1.49. The first-order valence-electron chi connectivity index (χ1n) is 4.97. The number of nitro benzene ring substituents is 1. The Labute approximate surface area is 97.1 Å². The topological polar surface area (TPSA) is 78.4 Å². The Hall–Kier alpha value is -2.37. The molecule has 1 aliphatic rings. The molecule has 1 aromatic rings. The molecule has 0 aromatic heterocycles. The zero-order chi connectivity index (χ0) is 12.4. The van der Waals surface area contributed by atoms with Crippen molar-refractivity contribution in [1.29, 1.82) is 0 Å². The fourth-order valence-electron chi connectivity index (χ4n) is 1.49. The first kappa shape index (κ1) is 11.1. The summed E-state index contributed by atoms with van der Waals surface area (Å²) in [4.78, 5) is 15.3. The third kappa shape index (κ3) is 2.25. The van der Waals surface area contributed by atoms with E-state index in [4.69, 9.17) is 4.84 Å². The first-order valence-corrected chi connectivity index (χ1v) is 4.97. The van der Waals surface area contributed by atoms with Gasteiger partial charge in [-0.15, -0.1) is 0 Å². The molecule has 0 unspecified atom stereocenters. The zero-order valence-corrected chi connectivity index (χ0v) is 9.12. The van der Waals surface area contributed by atoms with E-state index in [9.17, 15) is 15.3 Å². The van der Waals surface area contributed by atoms with Crippen LogP contribution in [0.4, 0.5) is 5.69 Å². The van der Waals surface area contributed by atoms with Crippen LogP contribution in [0.2, 0.25) is 0 Å². The molecule has 0 N–H and O–H groups in total. The van der Waals surface area contributed by atoms with Crippen LogP contribution in [0.25, 0.3) is 6.08 Å². The molecule has 6 nitrogen and oxygen atoms in total. The van der Waals surface area contributed by atoms with Crippen molar-refractivity contribution in [2.75, 3.05) is 6.61 Å². The zero-order valence-electron chi connectivity index (χ0n) is 9.12. The first-order chi connectivity index (χ1) is 8.08. The molecule has 6 heteroatoms. The molecule has 0 amide bonds. The van der Waals surface area contributed by atoms with Gasteiger partial charge in [0.25, 0.3) is 5.69 Å². The molecule has 0 aliphatic carbocycles. The maximum atomic E-state index is 11.0. The molecule has 1 aliphatic heterocycles. The fraction of sp³-hybridized carbons (Fsp3) is 0.182. The summed E-state index contributed by atoms with van der Waals surface area (Å²) in [5.74, 6) is 0. The average Bonchev–Trinajstić information content (AvgIpc) is 2.62. The summed E-state index contributed by atoms with van der Waals surface area (Å²) in [6.07, 6.45) is 1.77. The van der Waals surface area contributed by atoms with Gasteiger partial charge in [-0.2, -0.15) is 0 Å². The van der Waals surface area contributed by atoms with E-state index >= 15 is 0 Å². The number of rotatable bonds is 2. The van der Waals surface area contributed by atoms with Gasteiger partial charge in [0.05, 0.1) is 11.5 Å². The second kappa shape index (κ2) is 4.25. The van der Waals surface area contributed by atoms with Gasteiger partial charge in [0.15, 0.2) is 0 Å². The second-order valence-corrected chi connectivity index (χ2v) is 3.63. The third-order valence-corrected chi connectivity index (χ3v) is 2.52. The van der Waals surface area contributed by atoms with Crippen LogP contribution in [0, 0.1) is 15.3 Å². The van der Waals surface area contributed by atoms with Gasteiger partial charge < -0.3 is 4.84 Å². The van der Waals surface area contributed by atoms with Crippen molar-refractivity contribution in [2.45, 2.75) is 6.92 Å². The molecule has 88 valence electrons. The Morgan fingerprint density at radius 3 is 2.53 bits per heavy atom. The Morgan fingerprint density at radius 1 is 1.41 bits per heavy atom. The van der Waals surface area contributed by atoms with E-state index in [1.165, 1.54) is 12.1 Å². The summed E-state index contributed by atoms with van der Waals surface area (Å²) in [5, 5.41) is 21.5. The summed E-state index contributed by atoms with van der Waals surface area (Å²) in [6.45, 7) is 1.89. The molecule has 0 bridgehead atoms. The molecule has 0 atom stereocenters. The predicted molar refractivity (Wildman–Crippen MR) is 61.3 cm³/mol. The van der Waals surface area contributed by atoms with Crippen LogP contribution in [0.1, 0.15) is 12.5 Å². The molecule has 0 radical (unpaired) electrons. The largest absolute Gasteiger partial charge is 0.398 e. The average molecular weight is 234 g/mol. The van der Waals surface area contributed by atoms with E-state index in [0.717, 1.165) is 11.1 Å². The lowest BCUT2D eigenvalue weighted by Crippen LogP contribution is -2.02. The van der Waals surface area contributed by atoms with E-state index in [-0.39, 0.29) is 12.3 Å². The monoisotopic (exact) mass is 234 g/mol. The standard InChI is InChI=1S/C11H10N2O4/c1-8-10(7-17-13(8)16)6-9-2-4-11(5-3-9)12(14)15/h2-6H,7H2,1H3/b10-6-. The van der Waals surface area contributed by atoms with Crippen molar-refractivity contribution >= 4 is 17.5 Å². The minimum Gasteiger partial charge on any atom is -0.398 e. The molecular weight excluding hydrogens is 224 g/mol. The molecule has 0 saturated carbocycles. The highest BCUT2D eigenvalue weighted by molar-refractivity contribution is 5.99. The van der Waals surface area contributed by atoms with E-state index in [0.29, 0.717) is 10.6 Å². The lowest BCUT2D eigenvalue weighted by molar-refractivity contribution is -0.730. The van der Waals surface area contributed by atoms with E-state index in [2.05, 4.69) is 0 Å². The minimum absolute atomic E-state index is 0.0426. The molecule has 2 rings (SSSR count). The van der Waals surface area contributed by atoms with E-state index in [1.54, 1.807) is 25.1 Å². The highest BCUT2D eigenvalue weighted by Gasteiger charge is 2.19. The lowest BCUT2D eigenvalue weighted by Gasteiger charge is -1.95. The number of non-ortho nitro benzene ring substituents is 1. The number of hydrogen-bond acceptors (Lipinski definition) is 4. The second-order valence-electron chi connectivity index (χ2n) is 3.63. The number of hydrogen-bond donors (Lipinski definition) is 0. The summed E-state index contributed by atoms with van der Waals surface area (Å²) in [5.41, 5.74) is 2.11. The van der Waals surface area contributed by atoms with Crippen LogP contribution in [-0.4, -0.2) is 22.1 Å². The van der Waals surface area contributed by atoms with Crippen LogP contribution in [-0.2, 0) is 4.84 Å². The van der Waals surface area contributed by atoms with Gasteiger partial charge in [0.2, 0.25) is 5.71 Å². The van der Waals surface area contributed by atoms with Gasteiger partial charge in [-0.05, 0) is 23.8 Å². The van der Waals surface area contributed by atoms with Crippen LogP contribution in [0.15, 0.2) is 29.8 Å². The molecule has 0 saturated heterocycles. The predicted octanol–water partition coefficient (Wildman–Crippen LogP) is 1.89. The van der Waals surface area contributed by atoms with E-state index < -0.39 is 4.92 Å². The number of nitrogens with zero attached hydrogens (tertiary/aromatic N) is 2. The van der Waals surface area contributed by atoms with Gasteiger partial charge in [-0.25, -0.2) is 0 Å². The SMILES string of the molecule is CC1=[N+]([O-])OC/C1=C/c1ccc([N+](=O)[O-])cc1. The molecule has 0 spiro atoms. The van der Waals surface area contributed by atoms with Crippen LogP contribution in [0.3, 0.4) is 0 Å². The van der Waals surface area contributed by atoms with Gasteiger partial charge in [-0.1, -0.05) is 0 Å². The van der Waals surface area contributed by atoms with Crippen molar-refractivity contribution in [1.82, 2.24) is 0 Å². The Kier molecular flexibility index (Phi) is 2.78. The van der Waals surface area contributed by atoms with Gasteiger partial charge in [-0.3, -0.25) is 15.3 Å². The maximum Gasteiger partial charge on any atom is 0.269 e. The summed E-state index contributed by atoms with van der Waals surface area (Å²) >= 11 is 0. The molecule has 1 heterocycles. The van der Waals surface area contributed by atoms with Gasteiger partial charge in [0, 0.05) is 29.5 Å². The molecule has 17 heavy (non-hydrogen) atoms. The Morgan fingerprint density at radius 2 is 2.06 bits per heavy atom. The maximum absolute atomic E-state index is 11.0. The Bertz CT molecular complexity index is 517. The molecule has 1 aromatic carbocycles. The van der Waals surface area contributed by atoms with Gasteiger partial charge in [0.1, 0.15) is 0 Å². The number of nitro groups is 1.